The molecule has 0 aliphatic rings. The molecule has 0 bridgehead atoms. The fraction of sp³-hybridized carbons (Fsp3) is 0.227. The molecule has 3 heterocycles. The number of rotatable bonds is 6. The number of carbonyl (C=O) groups excluding carboxylic acids is 2. The molecule has 4 aromatic rings. The van der Waals surface area contributed by atoms with Crippen LogP contribution in [0.25, 0.3) is 33.5 Å². The number of pyridine rings is 1. The van der Waals surface area contributed by atoms with E-state index < -0.39 is 11.2 Å². The normalized spacial score (nSPS) is 12.2. The van der Waals surface area contributed by atoms with Crippen LogP contribution in [-0.2, 0) is 14.3 Å². The van der Waals surface area contributed by atoms with Gasteiger partial charge in [-0.2, -0.15) is 0 Å². The minimum atomic E-state index is -1.02. The highest BCUT2D eigenvalue weighted by atomic mass is 32.2. The van der Waals surface area contributed by atoms with Crippen LogP contribution in [0, 0.1) is 6.92 Å². The van der Waals surface area contributed by atoms with Crippen molar-refractivity contribution in [1.82, 2.24) is 15.0 Å². The van der Waals surface area contributed by atoms with Crippen LogP contribution in [0.4, 0.5) is 0 Å². The van der Waals surface area contributed by atoms with Gasteiger partial charge in [0, 0.05) is 5.56 Å². The third-order valence-corrected chi connectivity index (χ3v) is 5.83. The van der Waals surface area contributed by atoms with Crippen LogP contribution >= 0.6 is 11.8 Å². The lowest BCUT2D eigenvalue weighted by atomic mass is 10.1. The lowest BCUT2D eigenvalue weighted by Crippen LogP contribution is -2.27. The van der Waals surface area contributed by atoms with Crippen LogP contribution in [0.15, 0.2) is 52.2 Å². The molecule has 30 heavy (non-hydrogen) atoms. The summed E-state index contributed by atoms with van der Waals surface area (Å²) in [5, 5.41) is 0.154. The summed E-state index contributed by atoms with van der Waals surface area (Å²) < 4.78 is 11.1. The smallest absolute Gasteiger partial charge is 0.327 e. The van der Waals surface area contributed by atoms with Crippen molar-refractivity contribution >= 4 is 45.7 Å². The summed E-state index contributed by atoms with van der Waals surface area (Å²) in [7, 11) is 0. The van der Waals surface area contributed by atoms with Gasteiger partial charge in [-0.15, -0.1) is 0 Å². The molecule has 0 N–H and O–H groups in total. The van der Waals surface area contributed by atoms with E-state index in [9.17, 15) is 9.59 Å². The molecule has 0 unspecified atom stereocenters. The van der Waals surface area contributed by atoms with Crippen molar-refractivity contribution in [2.75, 3.05) is 6.61 Å². The number of carbonyl (C=O) groups is 2. The van der Waals surface area contributed by atoms with Crippen LogP contribution in [0.2, 0.25) is 0 Å². The molecule has 0 fully saturated rings. The maximum Gasteiger partial charge on any atom is 0.327 e. The summed E-state index contributed by atoms with van der Waals surface area (Å²) in [5.41, 5.74) is 4.15. The van der Waals surface area contributed by atoms with Crippen LogP contribution in [0.1, 0.15) is 19.4 Å². The fourth-order valence-corrected chi connectivity index (χ4v) is 4.10. The number of hydrogen-bond donors (Lipinski definition) is 0. The van der Waals surface area contributed by atoms with E-state index in [0.29, 0.717) is 21.8 Å². The molecule has 0 aliphatic carbocycles. The number of fused-ring (bicyclic) bond motifs is 3. The SMILES string of the molecule is CCOC(=O)[C@H](Sc1ncnc2c1oc1nc(-c3ccccc3)cc(C)c12)C(C)=O. The molecule has 4 rings (SSSR count). The Morgan fingerprint density at radius 1 is 1.20 bits per heavy atom. The van der Waals surface area contributed by atoms with Gasteiger partial charge in [0.05, 0.1) is 17.7 Å². The Labute approximate surface area is 176 Å². The van der Waals surface area contributed by atoms with Gasteiger partial charge in [-0.1, -0.05) is 42.1 Å². The summed E-state index contributed by atoms with van der Waals surface area (Å²) >= 11 is 0.999. The van der Waals surface area contributed by atoms with Gasteiger partial charge >= 0.3 is 5.97 Å². The van der Waals surface area contributed by atoms with E-state index in [2.05, 4.69) is 15.0 Å². The summed E-state index contributed by atoms with van der Waals surface area (Å²) in [6, 6.07) is 11.8. The minimum absolute atomic E-state index is 0.193. The average Bonchev–Trinajstić information content (AvgIpc) is 3.12. The molecule has 0 spiro atoms. The van der Waals surface area contributed by atoms with Crippen LogP contribution in [-0.4, -0.2) is 38.6 Å². The molecule has 152 valence electrons. The zero-order chi connectivity index (χ0) is 21.3. The van der Waals surface area contributed by atoms with Gasteiger partial charge in [-0.25, -0.2) is 15.0 Å². The van der Waals surface area contributed by atoms with E-state index in [1.54, 1.807) is 6.92 Å². The first-order valence-electron chi connectivity index (χ1n) is 9.43. The number of hydrogen-bond acceptors (Lipinski definition) is 8. The first-order valence-corrected chi connectivity index (χ1v) is 10.3. The monoisotopic (exact) mass is 421 g/mol. The van der Waals surface area contributed by atoms with Crippen LogP contribution in [0.3, 0.4) is 0 Å². The Morgan fingerprint density at radius 3 is 2.67 bits per heavy atom. The van der Waals surface area contributed by atoms with Crippen LogP contribution in [0.5, 0.6) is 0 Å². The molecule has 0 radical (unpaired) electrons. The number of Topliss-reactive ketones (excluding diaryl/α,β-unsaturated/α-hetero) is 1. The van der Waals surface area contributed by atoms with E-state index in [0.717, 1.165) is 34.0 Å². The van der Waals surface area contributed by atoms with Crippen molar-refractivity contribution in [1.29, 1.82) is 0 Å². The van der Waals surface area contributed by atoms with E-state index in [4.69, 9.17) is 9.15 Å². The van der Waals surface area contributed by atoms with Gasteiger partial charge in [-0.3, -0.25) is 9.59 Å². The van der Waals surface area contributed by atoms with Gasteiger partial charge in [-0.05, 0) is 32.4 Å². The predicted molar refractivity (Wildman–Crippen MR) is 114 cm³/mol. The van der Waals surface area contributed by atoms with E-state index in [1.807, 2.05) is 43.3 Å². The second kappa shape index (κ2) is 8.23. The molecular weight excluding hydrogens is 402 g/mol. The molecule has 0 amide bonds. The molecule has 8 heteroatoms. The molecular formula is C22H19N3O4S. The third-order valence-electron chi connectivity index (χ3n) is 4.56. The maximum absolute atomic E-state index is 12.2. The molecule has 0 saturated carbocycles. The number of benzene rings is 1. The van der Waals surface area contributed by atoms with Crippen molar-refractivity contribution in [3.05, 3.63) is 48.3 Å². The lowest BCUT2D eigenvalue weighted by molar-refractivity contribution is -0.144. The largest absolute Gasteiger partial charge is 0.465 e. The topological polar surface area (TPSA) is 95.2 Å². The van der Waals surface area contributed by atoms with Gasteiger partial charge in [0.2, 0.25) is 5.71 Å². The number of aromatic nitrogens is 3. The van der Waals surface area contributed by atoms with E-state index >= 15 is 0 Å². The second-order valence-corrected chi connectivity index (χ2v) is 7.78. The van der Waals surface area contributed by atoms with E-state index in [1.165, 1.54) is 13.3 Å². The first-order chi connectivity index (χ1) is 14.5. The van der Waals surface area contributed by atoms with Gasteiger partial charge < -0.3 is 9.15 Å². The molecule has 0 aliphatic heterocycles. The number of aryl methyl sites for hydroxylation is 1. The Balaban J connectivity index is 1.83. The van der Waals surface area contributed by atoms with Crippen molar-refractivity contribution in [3.8, 4) is 11.3 Å². The van der Waals surface area contributed by atoms with Crippen molar-refractivity contribution in [2.45, 2.75) is 31.0 Å². The van der Waals surface area contributed by atoms with E-state index in [-0.39, 0.29) is 12.4 Å². The van der Waals surface area contributed by atoms with Crippen molar-refractivity contribution in [3.63, 3.8) is 0 Å². The Kier molecular flexibility index (Phi) is 5.50. The van der Waals surface area contributed by atoms with Gasteiger partial charge in [0.15, 0.2) is 16.6 Å². The van der Waals surface area contributed by atoms with Gasteiger partial charge in [0.1, 0.15) is 16.9 Å². The Morgan fingerprint density at radius 2 is 1.97 bits per heavy atom. The number of esters is 1. The third kappa shape index (κ3) is 3.66. The van der Waals surface area contributed by atoms with Crippen molar-refractivity contribution < 1.29 is 18.7 Å². The average molecular weight is 421 g/mol. The quantitative estimate of drug-likeness (QED) is 0.196. The number of thioether (sulfide) groups is 1. The summed E-state index contributed by atoms with van der Waals surface area (Å²) in [4.78, 5) is 37.5. The lowest BCUT2D eigenvalue weighted by Gasteiger charge is -2.11. The maximum atomic E-state index is 12.2. The fourth-order valence-electron chi connectivity index (χ4n) is 3.20. The number of ether oxygens (including phenoxy) is 1. The predicted octanol–water partition coefficient (Wildman–Crippen LogP) is 4.36. The zero-order valence-corrected chi connectivity index (χ0v) is 17.5. The summed E-state index contributed by atoms with van der Waals surface area (Å²) in [6.45, 7) is 5.21. The number of furan rings is 1. The molecule has 7 nitrogen and oxygen atoms in total. The minimum Gasteiger partial charge on any atom is -0.465 e. The highest BCUT2D eigenvalue weighted by Crippen LogP contribution is 2.36. The molecule has 3 aromatic heterocycles. The highest BCUT2D eigenvalue weighted by molar-refractivity contribution is 8.01. The summed E-state index contributed by atoms with van der Waals surface area (Å²) in [5.74, 6) is -0.916. The first kappa shape index (κ1) is 20.0. The number of nitrogens with zero attached hydrogens (tertiary/aromatic N) is 3. The summed E-state index contributed by atoms with van der Waals surface area (Å²) in [6.07, 6.45) is 1.40. The van der Waals surface area contributed by atoms with Crippen LogP contribution < -0.4 is 0 Å². The molecule has 1 aromatic carbocycles. The van der Waals surface area contributed by atoms with Crippen molar-refractivity contribution in [2.24, 2.45) is 0 Å². The van der Waals surface area contributed by atoms with Gasteiger partial charge in [0.25, 0.3) is 0 Å². The molecule has 1 atom stereocenters. The second-order valence-electron chi connectivity index (χ2n) is 6.69. The Hall–Kier alpha value is -3.26. The standard InChI is InChI=1S/C22H19N3O4S/c1-4-28-22(27)19(13(3)26)30-21-18-17(23-11-24-21)16-12(2)10-15(25-20(16)29-18)14-8-6-5-7-9-14/h5-11,19H,4H2,1-3H3/t19-/m1/s1. The highest BCUT2D eigenvalue weighted by Gasteiger charge is 2.29. The number of ketones is 1. The molecule has 0 saturated heterocycles. The Bertz CT molecular complexity index is 1250. The zero-order valence-electron chi connectivity index (χ0n) is 16.7.